The summed E-state index contributed by atoms with van der Waals surface area (Å²) in [6.07, 6.45) is 4.71. The van der Waals surface area contributed by atoms with Crippen molar-refractivity contribution in [2.75, 3.05) is 13.2 Å². The second kappa shape index (κ2) is 8.84. The molecule has 0 spiro atoms. The van der Waals surface area contributed by atoms with Crippen LogP contribution in [0.2, 0.25) is 0 Å². The average Bonchev–Trinajstić information content (AvgIpc) is 3.30. The second-order valence-electron chi connectivity index (χ2n) is 7.18. The van der Waals surface area contributed by atoms with Crippen LogP contribution in [0.5, 0.6) is 5.75 Å². The molecule has 25 heavy (non-hydrogen) atoms. The minimum atomic E-state index is -0.510. The van der Waals surface area contributed by atoms with Gasteiger partial charge in [-0.05, 0) is 61.2 Å². The quantitative estimate of drug-likeness (QED) is 0.722. The summed E-state index contributed by atoms with van der Waals surface area (Å²) in [4.78, 5) is 1.38. The molecule has 0 bridgehead atoms. The second-order valence-corrected chi connectivity index (χ2v) is 8.16. The summed E-state index contributed by atoms with van der Waals surface area (Å²) in [5.74, 6) is 1.55. The third-order valence-electron chi connectivity index (χ3n) is 5.07. The first-order chi connectivity index (χ1) is 12.1. The van der Waals surface area contributed by atoms with Gasteiger partial charge in [0.15, 0.2) is 0 Å². The van der Waals surface area contributed by atoms with Crippen LogP contribution < -0.4 is 10.1 Å². The third kappa shape index (κ3) is 5.06. The molecule has 3 rings (SSSR count). The summed E-state index contributed by atoms with van der Waals surface area (Å²) in [6, 6.07) is 10.8. The molecule has 0 saturated heterocycles. The maximum Gasteiger partial charge on any atom is 0.122 e. The van der Waals surface area contributed by atoms with E-state index in [2.05, 4.69) is 41.9 Å². The van der Waals surface area contributed by atoms with E-state index < -0.39 is 6.10 Å². The Balaban J connectivity index is 1.52. The van der Waals surface area contributed by atoms with E-state index in [1.165, 1.54) is 36.1 Å². The molecule has 3 nitrogen and oxygen atoms in total. The number of benzene rings is 1. The molecular weight excluding hydrogens is 330 g/mol. The van der Waals surface area contributed by atoms with Gasteiger partial charge in [-0.25, -0.2) is 0 Å². The zero-order valence-electron chi connectivity index (χ0n) is 15.2. The number of thiophene rings is 1. The van der Waals surface area contributed by atoms with Crippen LogP contribution in [-0.2, 0) is 0 Å². The van der Waals surface area contributed by atoms with Gasteiger partial charge in [-0.15, -0.1) is 11.3 Å². The van der Waals surface area contributed by atoms with Gasteiger partial charge in [0.1, 0.15) is 18.5 Å². The smallest absolute Gasteiger partial charge is 0.122 e. The Bertz CT molecular complexity index is 650. The highest BCUT2D eigenvalue weighted by Gasteiger charge is 2.27. The summed E-state index contributed by atoms with van der Waals surface area (Å²) in [5.41, 5.74) is 2.28. The predicted octanol–water partition coefficient (Wildman–Crippen LogP) is 4.63. The molecule has 1 aromatic heterocycles. The standard InChI is InChI=1S/C21H29NO2S/c1-15-9-10-16(2)19(12-15)24-14-18(23)13-22-21(17-6-3-4-7-17)20-8-5-11-25-20/h5,8-12,17-18,21-23H,3-4,6-7,13-14H2,1-2H3. The zero-order chi connectivity index (χ0) is 17.6. The van der Waals surface area contributed by atoms with E-state index in [0.717, 1.165) is 11.3 Å². The highest BCUT2D eigenvalue weighted by atomic mass is 32.1. The first-order valence-electron chi connectivity index (χ1n) is 9.28. The van der Waals surface area contributed by atoms with Gasteiger partial charge in [0.05, 0.1) is 0 Å². The topological polar surface area (TPSA) is 41.5 Å². The van der Waals surface area contributed by atoms with Crippen LogP contribution in [0.4, 0.5) is 0 Å². The Morgan fingerprint density at radius 2 is 2.04 bits per heavy atom. The lowest BCUT2D eigenvalue weighted by Gasteiger charge is -2.25. The number of aliphatic hydroxyl groups is 1. The van der Waals surface area contributed by atoms with E-state index in [1.807, 2.05) is 24.3 Å². The summed E-state index contributed by atoms with van der Waals surface area (Å²) in [6.45, 7) is 4.97. The minimum absolute atomic E-state index is 0.319. The van der Waals surface area contributed by atoms with Gasteiger partial charge in [0, 0.05) is 17.5 Å². The van der Waals surface area contributed by atoms with Gasteiger partial charge in [0.25, 0.3) is 0 Å². The fraction of sp³-hybridized carbons (Fsp3) is 0.524. The lowest BCUT2D eigenvalue weighted by molar-refractivity contribution is 0.101. The van der Waals surface area contributed by atoms with Crippen molar-refractivity contribution in [3.05, 3.63) is 51.7 Å². The molecule has 2 N–H and O–H groups in total. The molecule has 1 aromatic carbocycles. The highest BCUT2D eigenvalue weighted by Crippen LogP contribution is 2.37. The maximum absolute atomic E-state index is 10.4. The van der Waals surface area contributed by atoms with Crippen molar-refractivity contribution in [2.24, 2.45) is 5.92 Å². The fourth-order valence-electron chi connectivity index (χ4n) is 3.63. The number of rotatable bonds is 8. The lowest BCUT2D eigenvalue weighted by Crippen LogP contribution is -2.36. The molecular formula is C21H29NO2S. The predicted molar refractivity (Wildman–Crippen MR) is 104 cm³/mol. The molecule has 136 valence electrons. The molecule has 2 atom stereocenters. The summed E-state index contributed by atoms with van der Waals surface area (Å²) < 4.78 is 5.84. The minimum Gasteiger partial charge on any atom is -0.491 e. The summed E-state index contributed by atoms with van der Waals surface area (Å²) in [7, 11) is 0. The molecule has 1 saturated carbocycles. The van der Waals surface area contributed by atoms with E-state index in [0.29, 0.717) is 25.1 Å². The lowest BCUT2D eigenvalue weighted by atomic mass is 9.96. The Labute approximate surface area is 155 Å². The Kier molecular flexibility index (Phi) is 6.51. The summed E-state index contributed by atoms with van der Waals surface area (Å²) in [5, 5.41) is 16.1. The number of ether oxygens (including phenoxy) is 1. The number of aliphatic hydroxyl groups excluding tert-OH is 1. The van der Waals surface area contributed by atoms with Crippen molar-refractivity contribution in [2.45, 2.75) is 51.7 Å². The van der Waals surface area contributed by atoms with Gasteiger partial charge in [-0.1, -0.05) is 31.0 Å². The van der Waals surface area contributed by atoms with E-state index in [9.17, 15) is 5.11 Å². The Morgan fingerprint density at radius 3 is 2.76 bits per heavy atom. The first kappa shape index (κ1) is 18.4. The molecule has 2 aromatic rings. The van der Waals surface area contributed by atoms with Gasteiger partial charge in [-0.3, -0.25) is 0 Å². The normalized spacial score (nSPS) is 17.6. The van der Waals surface area contributed by atoms with Crippen LogP contribution in [0.1, 0.15) is 47.7 Å². The molecule has 1 aliphatic carbocycles. The van der Waals surface area contributed by atoms with Crippen LogP contribution in [0.3, 0.4) is 0 Å². The molecule has 0 amide bonds. The zero-order valence-corrected chi connectivity index (χ0v) is 16.0. The first-order valence-corrected chi connectivity index (χ1v) is 10.2. The molecule has 1 heterocycles. The van der Waals surface area contributed by atoms with E-state index in [-0.39, 0.29) is 0 Å². The number of hydrogen-bond acceptors (Lipinski definition) is 4. The van der Waals surface area contributed by atoms with Crippen molar-refractivity contribution >= 4 is 11.3 Å². The Hall–Kier alpha value is -1.36. The van der Waals surface area contributed by atoms with Crippen LogP contribution in [-0.4, -0.2) is 24.4 Å². The van der Waals surface area contributed by atoms with Crippen LogP contribution in [0.15, 0.2) is 35.7 Å². The van der Waals surface area contributed by atoms with Crippen LogP contribution in [0, 0.1) is 19.8 Å². The van der Waals surface area contributed by atoms with Gasteiger partial charge < -0.3 is 15.2 Å². The molecule has 2 unspecified atom stereocenters. The van der Waals surface area contributed by atoms with Gasteiger partial charge >= 0.3 is 0 Å². The van der Waals surface area contributed by atoms with Crippen molar-refractivity contribution < 1.29 is 9.84 Å². The number of hydrogen-bond donors (Lipinski definition) is 2. The Morgan fingerprint density at radius 1 is 1.24 bits per heavy atom. The highest BCUT2D eigenvalue weighted by molar-refractivity contribution is 7.10. The maximum atomic E-state index is 10.4. The van der Waals surface area contributed by atoms with E-state index in [1.54, 1.807) is 0 Å². The fourth-order valence-corrected chi connectivity index (χ4v) is 4.52. The van der Waals surface area contributed by atoms with Crippen molar-refractivity contribution in [3.63, 3.8) is 0 Å². The number of aryl methyl sites for hydroxylation is 2. The SMILES string of the molecule is Cc1ccc(C)c(OCC(O)CNC(c2cccs2)C2CCCC2)c1. The number of nitrogens with one attached hydrogen (secondary N) is 1. The third-order valence-corrected chi connectivity index (χ3v) is 6.02. The molecule has 4 heteroatoms. The van der Waals surface area contributed by atoms with Crippen LogP contribution in [0.25, 0.3) is 0 Å². The van der Waals surface area contributed by atoms with Gasteiger partial charge in [0.2, 0.25) is 0 Å². The molecule has 0 radical (unpaired) electrons. The van der Waals surface area contributed by atoms with Crippen molar-refractivity contribution in [1.29, 1.82) is 0 Å². The average molecular weight is 360 g/mol. The summed E-state index contributed by atoms with van der Waals surface area (Å²) >= 11 is 1.81. The monoisotopic (exact) mass is 359 g/mol. The van der Waals surface area contributed by atoms with Gasteiger partial charge in [-0.2, -0.15) is 0 Å². The van der Waals surface area contributed by atoms with E-state index in [4.69, 9.17) is 4.74 Å². The van der Waals surface area contributed by atoms with E-state index >= 15 is 0 Å². The molecule has 1 aliphatic rings. The molecule has 0 aliphatic heterocycles. The largest absolute Gasteiger partial charge is 0.491 e. The van der Waals surface area contributed by atoms with Crippen LogP contribution >= 0.6 is 11.3 Å². The van der Waals surface area contributed by atoms with Crippen molar-refractivity contribution in [3.8, 4) is 5.75 Å². The molecule has 1 fully saturated rings. The van der Waals surface area contributed by atoms with Crippen molar-refractivity contribution in [1.82, 2.24) is 5.32 Å².